The van der Waals surface area contributed by atoms with E-state index >= 15 is 0 Å². The van der Waals surface area contributed by atoms with E-state index in [1.807, 2.05) is 13.8 Å². The zero-order valence-electron chi connectivity index (χ0n) is 10.3. The SMILES string of the molecule is CCNC(C)CC(=O)NCC1CCC(O)C1. The Morgan fingerprint density at radius 3 is 2.81 bits per heavy atom. The third-order valence-corrected chi connectivity index (χ3v) is 3.15. The summed E-state index contributed by atoms with van der Waals surface area (Å²) >= 11 is 0. The van der Waals surface area contributed by atoms with E-state index in [0.717, 1.165) is 32.4 Å². The van der Waals surface area contributed by atoms with Crippen LogP contribution < -0.4 is 10.6 Å². The van der Waals surface area contributed by atoms with Gasteiger partial charge in [0.05, 0.1) is 6.10 Å². The first-order valence-electron chi connectivity index (χ1n) is 6.30. The molecule has 1 aliphatic carbocycles. The molecule has 94 valence electrons. The van der Waals surface area contributed by atoms with E-state index in [2.05, 4.69) is 10.6 Å². The number of hydrogen-bond acceptors (Lipinski definition) is 3. The molecule has 3 unspecified atom stereocenters. The highest BCUT2D eigenvalue weighted by molar-refractivity contribution is 5.76. The maximum atomic E-state index is 11.6. The summed E-state index contributed by atoms with van der Waals surface area (Å²) in [5, 5.41) is 15.5. The highest BCUT2D eigenvalue weighted by atomic mass is 16.3. The van der Waals surface area contributed by atoms with Crippen LogP contribution in [0.2, 0.25) is 0 Å². The van der Waals surface area contributed by atoms with Gasteiger partial charge in [0.25, 0.3) is 0 Å². The minimum Gasteiger partial charge on any atom is -0.393 e. The van der Waals surface area contributed by atoms with Gasteiger partial charge in [-0.3, -0.25) is 4.79 Å². The molecule has 0 aromatic heterocycles. The Bertz CT molecular complexity index is 221. The lowest BCUT2D eigenvalue weighted by atomic mass is 10.1. The molecule has 3 atom stereocenters. The number of carbonyl (C=O) groups is 1. The van der Waals surface area contributed by atoms with Crippen LogP contribution in [0.15, 0.2) is 0 Å². The molecule has 0 aromatic carbocycles. The third kappa shape index (κ3) is 4.94. The number of aliphatic hydroxyl groups is 1. The second kappa shape index (κ2) is 6.86. The first kappa shape index (κ1) is 13.5. The monoisotopic (exact) mass is 228 g/mol. The van der Waals surface area contributed by atoms with Crippen molar-refractivity contribution in [3.8, 4) is 0 Å². The highest BCUT2D eigenvalue weighted by Crippen LogP contribution is 2.24. The molecule has 0 bridgehead atoms. The van der Waals surface area contributed by atoms with Gasteiger partial charge in [-0.25, -0.2) is 0 Å². The van der Waals surface area contributed by atoms with Crippen LogP contribution in [0.25, 0.3) is 0 Å². The Labute approximate surface area is 97.8 Å². The van der Waals surface area contributed by atoms with Crippen molar-refractivity contribution >= 4 is 5.91 Å². The van der Waals surface area contributed by atoms with Crippen LogP contribution in [0.4, 0.5) is 0 Å². The van der Waals surface area contributed by atoms with Gasteiger partial charge in [-0.15, -0.1) is 0 Å². The van der Waals surface area contributed by atoms with E-state index in [9.17, 15) is 9.90 Å². The molecule has 1 fully saturated rings. The van der Waals surface area contributed by atoms with Crippen molar-refractivity contribution in [3.63, 3.8) is 0 Å². The van der Waals surface area contributed by atoms with Gasteiger partial charge in [-0.1, -0.05) is 6.92 Å². The summed E-state index contributed by atoms with van der Waals surface area (Å²) in [5.41, 5.74) is 0. The molecule has 1 rings (SSSR count). The summed E-state index contributed by atoms with van der Waals surface area (Å²) in [4.78, 5) is 11.6. The van der Waals surface area contributed by atoms with E-state index in [-0.39, 0.29) is 18.1 Å². The molecular formula is C12H24N2O2. The predicted molar refractivity (Wildman–Crippen MR) is 64.1 cm³/mol. The summed E-state index contributed by atoms with van der Waals surface area (Å²) in [6, 6.07) is 0.235. The summed E-state index contributed by atoms with van der Waals surface area (Å²) in [5.74, 6) is 0.572. The van der Waals surface area contributed by atoms with Crippen molar-refractivity contribution in [1.29, 1.82) is 0 Å². The van der Waals surface area contributed by atoms with Crippen LogP contribution in [0.1, 0.15) is 39.5 Å². The Morgan fingerprint density at radius 1 is 1.50 bits per heavy atom. The van der Waals surface area contributed by atoms with Crippen molar-refractivity contribution < 1.29 is 9.90 Å². The maximum Gasteiger partial charge on any atom is 0.221 e. The number of aliphatic hydroxyl groups excluding tert-OH is 1. The molecule has 4 nitrogen and oxygen atoms in total. The number of hydrogen-bond donors (Lipinski definition) is 3. The average molecular weight is 228 g/mol. The Hall–Kier alpha value is -0.610. The standard InChI is InChI=1S/C12H24N2O2/c1-3-13-9(2)6-12(16)14-8-10-4-5-11(15)7-10/h9-11,13,15H,3-8H2,1-2H3,(H,14,16). The fourth-order valence-electron chi connectivity index (χ4n) is 2.26. The molecule has 0 heterocycles. The summed E-state index contributed by atoms with van der Waals surface area (Å²) < 4.78 is 0. The van der Waals surface area contributed by atoms with Crippen molar-refractivity contribution in [2.45, 2.75) is 51.7 Å². The summed E-state index contributed by atoms with van der Waals surface area (Å²) in [6.07, 6.45) is 3.13. The second-order valence-electron chi connectivity index (χ2n) is 4.80. The van der Waals surface area contributed by atoms with E-state index < -0.39 is 0 Å². The van der Waals surface area contributed by atoms with Gasteiger partial charge in [0, 0.05) is 19.0 Å². The van der Waals surface area contributed by atoms with Gasteiger partial charge in [-0.2, -0.15) is 0 Å². The lowest BCUT2D eigenvalue weighted by Crippen LogP contribution is -2.35. The van der Waals surface area contributed by atoms with Gasteiger partial charge in [0.2, 0.25) is 5.91 Å². The van der Waals surface area contributed by atoms with Crippen molar-refractivity contribution in [2.75, 3.05) is 13.1 Å². The molecule has 1 aliphatic rings. The van der Waals surface area contributed by atoms with Crippen molar-refractivity contribution in [3.05, 3.63) is 0 Å². The average Bonchev–Trinajstić information content (AvgIpc) is 2.61. The Balaban J connectivity index is 2.10. The van der Waals surface area contributed by atoms with Gasteiger partial charge in [-0.05, 0) is 38.6 Å². The minimum absolute atomic E-state index is 0.106. The van der Waals surface area contributed by atoms with Gasteiger partial charge >= 0.3 is 0 Å². The first-order valence-corrected chi connectivity index (χ1v) is 6.30. The molecule has 0 saturated heterocycles. The third-order valence-electron chi connectivity index (χ3n) is 3.15. The Kier molecular flexibility index (Phi) is 5.77. The van der Waals surface area contributed by atoms with Crippen LogP contribution >= 0.6 is 0 Å². The van der Waals surface area contributed by atoms with E-state index in [1.54, 1.807) is 0 Å². The van der Waals surface area contributed by atoms with Crippen LogP contribution in [0, 0.1) is 5.92 Å². The normalized spacial score (nSPS) is 26.7. The smallest absolute Gasteiger partial charge is 0.221 e. The van der Waals surface area contributed by atoms with Crippen LogP contribution in [-0.2, 0) is 4.79 Å². The van der Waals surface area contributed by atoms with E-state index in [1.165, 1.54) is 0 Å². The van der Waals surface area contributed by atoms with Crippen LogP contribution in [-0.4, -0.2) is 36.2 Å². The summed E-state index contributed by atoms with van der Waals surface area (Å²) in [7, 11) is 0. The fraction of sp³-hybridized carbons (Fsp3) is 0.917. The number of amides is 1. The van der Waals surface area contributed by atoms with Gasteiger partial charge in [0.15, 0.2) is 0 Å². The molecule has 16 heavy (non-hydrogen) atoms. The number of carbonyl (C=O) groups excluding carboxylic acids is 1. The van der Waals surface area contributed by atoms with E-state index in [0.29, 0.717) is 12.3 Å². The lowest BCUT2D eigenvalue weighted by Gasteiger charge is -2.14. The number of rotatable bonds is 6. The molecule has 3 N–H and O–H groups in total. The van der Waals surface area contributed by atoms with Gasteiger partial charge in [0.1, 0.15) is 0 Å². The zero-order valence-corrected chi connectivity index (χ0v) is 10.3. The molecule has 1 saturated carbocycles. The quantitative estimate of drug-likeness (QED) is 0.625. The van der Waals surface area contributed by atoms with Crippen molar-refractivity contribution in [2.24, 2.45) is 5.92 Å². The van der Waals surface area contributed by atoms with Gasteiger partial charge < -0.3 is 15.7 Å². The predicted octanol–water partition coefficient (Wildman–Crippen LogP) is 0.652. The lowest BCUT2D eigenvalue weighted by molar-refractivity contribution is -0.121. The van der Waals surface area contributed by atoms with Crippen molar-refractivity contribution in [1.82, 2.24) is 10.6 Å². The molecule has 0 radical (unpaired) electrons. The van der Waals surface area contributed by atoms with E-state index in [4.69, 9.17) is 0 Å². The molecular weight excluding hydrogens is 204 g/mol. The first-order chi connectivity index (χ1) is 7.61. The fourth-order valence-corrected chi connectivity index (χ4v) is 2.26. The number of nitrogens with one attached hydrogen (secondary N) is 2. The molecule has 0 aromatic rings. The molecule has 1 amide bonds. The maximum absolute atomic E-state index is 11.6. The van der Waals surface area contributed by atoms with Crippen LogP contribution in [0.3, 0.4) is 0 Å². The second-order valence-corrected chi connectivity index (χ2v) is 4.80. The topological polar surface area (TPSA) is 61.4 Å². The largest absolute Gasteiger partial charge is 0.393 e. The Morgan fingerprint density at radius 2 is 2.25 bits per heavy atom. The highest BCUT2D eigenvalue weighted by Gasteiger charge is 2.22. The summed E-state index contributed by atoms with van der Waals surface area (Å²) in [6.45, 7) is 5.66. The molecule has 0 spiro atoms. The minimum atomic E-state index is -0.150. The molecule has 4 heteroatoms. The zero-order chi connectivity index (χ0) is 12.0. The van der Waals surface area contributed by atoms with Crippen LogP contribution in [0.5, 0.6) is 0 Å². The molecule has 0 aliphatic heterocycles.